The number of hydrogen-bond donors (Lipinski definition) is 1. The third-order valence-electron chi connectivity index (χ3n) is 5.24. The Morgan fingerprint density at radius 2 is 1.97 bits per heavy atom. The molecule has 0 spiro atoms. The number of carbonyl (C=O) groups excluding carboxylic acids is 1. The Labute approximate surface area is 185 Å². The predicted molar refractivity (Wildman–Crippen MR) is 117 cm³/mol. The highest BCUT2D eigenvalue weighted by Gasteiger charge is 2.32. The molecule has 0 bridgehead atoms. The lowest BCUT2D eigenvalue weighted by molar-refractivity contribution is 0.142. The number of carbonyl (C=O) groups is 1. The highest BCUT2D eigenvalue weighted by Crippen LogP contribution is 2.34. The molecule has 1 aliphatic rings. The lowest BCUT2D eigenvalue weighted by atomic mass is 10.0. The van der Waals surface area contributed by atoms with E-state index in [-0.39, 0.29) is 12.1 Å². The quantitative estimate of drug-likeness (QED) is 0.586. The van der Waals surface area contributed by atoms with Gasteiger partial charge in [-0.15, -0.1) is 0 Å². The summed E-state index contributed by atoms with van der Waals surface area (Å²) in [6, 6.07) is 11.9. The van der Waals surface area contributed by atoms with Crippen molar-refractivity contribution in [2.75, 3.05) is 26.1 Å². The lowest BCUT2D eigenvalue weighted by Crippen LogP contribution is -2.41. The molecule has 9 heteroatoms. The molecule has 31 heavy (non-hydrogen) atoms. The first-order valence-corrected chi connectivity index (χ1v) is 10.4. The van der Waals surface area contributed by atoms with Gasteiger partial charge in [0.15, 0.2) is 0 Å². The maximum atomic E-state index is 13.1. The van der Waals surface area contributed by atoms with Crippen LogP contribution in [0.2, 0.25) is 5.02 Å². The summed E-state index contributed by atoms with van der Waals surface area (Å²) >= 11 is 5.95. The number of benzene rings is 2. The Balaban J connectivity index is 1.54. The van der Waals surface area contributed by atoms with Gasteiger partial charge < -0.3 is 24.2 Å². The molecule has 2 heterocycles. The number of nitrogens with one attached hydrogen (secondary N) is 1. The molecule has 0 radical (unpaired) electrons. The average Bonchev–Trinajstić information content (AvgIpc) is 3.30. The molecule has 2 aromatic carbocycles. The molecule has 4 rings (SSSR count). The summed E-state index contributed by atoms with van der Waals surface area (Å²) in [4.78, 5) is 19.4. The summed E-state index contributed by atoms with van der Waals surface area (Å²) in [7, 11) is 3.12. The number of rotatable bonds is 5. The molecular weight excluding hydrogens is 420 g/mol. The van der Waals surface area contributed by atoms with E-state index in [1.807, 2.05) is 12.1 Å². The highest BCUT2D eigenvalue weighted by atomic mass is 35.5. The molecule has 1 unspecified atom stereocenters. The zero-order valence-corrected chi connectivity index (χ0v) is 18.1. The van der Waals surface area contributed by atoms with E-state index in [2.05, 4.69) is 15.5 Å². The number of ether oxygens (including phenoxy) is 2. The van der Waals surface area contributed by atoms with Gasteiger partial charge in [0, 0.05) is 23.2 Å². The molecule has 2 amide bonds. The van der Waals surface area contributed by atoms with Crippen LogP contribution in [0.15, 0.2) is 47.0 Å². The fraction of sp³-hybridized carbons (Fsp3) is 0.318. The van der Waals surface area contributed by atoms with Crippen molar-refractivity contribution in [3.05, 3.63) is 53.4 Å². The molecule has 8 nitrogen and oxygen atoms in total. The van der Waals surface area contributed by atoms with Crippen LogP contribution in [0.5, 0.6) is 11.5 Å². The van der Waals surface area contributed by atoms with Crippen LogP contribution in [0.4, 0.5) is 10.5 Å². The molecule has 1 atom stereocenters. The summed E-state index contributed by atoms with van der Waals surface area (Å²) in [5.74, 6) is 2.05. The van der Waals surface area contributed by atoms with Crippen molar-refractivity contribution in [1.29, 1.82) is 0 Å². The fourth-order valence-corrected chi connectivity index (χ4v) is 3.73. The first-order chi connectivity index (χ1) is 15.1. The maximum absolute atomic E-state index is 13.1. The molecule has 162 valence electrons. The smallest absolute Gasteiger partial charge is 0.322 e. The molecule has 1 saturated heterocycles. The summed E-state index contributed by atoms with van der Waals surface area (Å²) in [5.41, 5.74) is 1.36. The van der Waals surface area contributed by atoms with Crippen molar-refractivity contribution < 1.29 is 18.8 Å². The van der Waals surface area contributed by atoms with Crippen LogP contribution < -0.4 is 14.8 Å². The van der Waals surface area contributed by atoms with Crippen molar-refractivity contribution in [2.45, 2.75) is 25.3 Å². The van der Waals surface area contributed by atoms with E-state index >= 15 is 0 Å². The summed E-state index contributed by atoms with van der Waals surface area (Å²) in [6.07, 6.45) is 2.62. The summed E-state index contributed by atoms with van der Waals surface area (Å²) in [6.45, 7) is 0.591. The van der Waals surface area contributed by atoms with E-state index < -0.39 is 0 Å². The van der Waals surface area contributed by atoms with E-state index in [1.54, 1.807) is 49.5 Å². The second-order valence-electron chi connectivity index (χ2n) is 7.16. The molecule has 0 aliphatic carbocycles. The number of urea groups is 1. The maximum Gasteiger partial charge on any atom is 0.322 e. The number of piperidine rings is 1. The van der Waals surface area contributed by atoms with Gasteiger partial charge >= 0.3 is 6.03 Å². The van der Waals surface area contributed by atoms with Crippen LogP contribution >= 0.6 is 11.6 Å². The second-order valence-corrected chi connectivity index (χ2v) is 7.60. The first-order valence-electron chi connectivity index (χ1n) is 9.98. The number of nitrogens with zero attached hydrogens (tertiary/aromatic N) is 3. The fourth-order valence-electron chi connectivity index (χ4n) is 3.61. The van der Waals surface area contributed by atoms with Crippen LogP contribution in [0.25, 0.3) is 11.4 Å². The third-order valence-corrected chi connectivity index (χ3v) is 5.50. The Hall–Kier alpha value is -3.26. The standard InChI is InChI=1S/C22H23ClN4O4/c1-29-16-10-11-17(19(13-16)30-2)24-22(28)27-12-4-3-5-18(27)21-25-20(26-31-21)14-6-8-15(23)9-7-14/h6-11,13,18H,3-5,12H2,1-2H3,(H,24,28). The highest BCUT2D eigenvalue weighted by molar-refractivity contribution is 6.30. The van der Waals surface area contributed by atoms with E-state index in [9.17, 15) is 4.79 Å². The van der Waals surface area contributed by atoms with Gasteiger partial charge in [-0.05, 0) is 55.7 Å². The summed E-state index contributed by atoms with van der Waals surface area (Å²) < 4.78 is 16.1. The Morgan fingerprint density at radius 1 is 1.16 bits per heavy atom. The van der Waals surface area contributed by atoms with E-state index in [4.69, 9.17) is 25.6 Å². The molecule has 1 N–H and O–H groups in total. The Kier molecular flexibility index (Phi) is 6.27. The van der Waals surface area contributed by atoms with Crippen molar-refractivity contribution >= 4 is 23.3 Å². The minimum atomic E-state index is -0.299. The van der Waals surface area contributed by atoms with Crippen LogP contribution in [-0.4, -0.2) is 41.8 Å². The zero-order valence-electron chi connectivity index (χ0n) is 17.3. The van der Waals surface area contributed by atoms with Crippen LogP contribution in [0.1, 0.15) is 31.2 Å². The first kappa shape index (κ1) is 21.0. The third kappa shape index (κ3) is 4.59. The largest absolute Gasteiger partial charge is 0.497 e. The van der Waals surface area contributed by atoms with Gasteiger partial charge in [0.25, 0.3) is 0 Å². The molecule has 1 aromatic heterocycles. The molecule has 1 aliphatic heterocycles. The van der Waals surface area contributed by atoms with Gasteiger partial charge in [-0.3, -0.25) is 0 Å². The molecule has 1 fully saturated rings. The van der Waals surface area contributed by atoms with Gasteiger partial charge in [0.1, 0.15) is 17.5 Å². The predicted octanol–water partition coefficient (Wildman–Crippen LogP) is 5.17. The van der Waals surface area contributed by atoms with Gasteiger partial charge in [-0.2, -0.15) is 4.98 Å². The van der Waals surface area contributed by atoms with Crippen molar-refractivity contribution in [1.82, 2.24) is 15.0 Å². The van der Waals surface area contributed by atoms with E-state index in [0.717, 1.165) is 24.8 Å². The van der Waals surface area contributed by atoms with Crippen LogP contribution in [-0.2, 0) is 0 Å². The second kappa shape index (κ2) is 9.26. The van der Waals surface area contributed by atoms with E-state index in [1.165, 1.54) is 0 Å². The SMILES string of the molecule is COc1ccc(NC(=O)N2CCCCC2c2nc(-c3ccc(Cl)cc3)no2)c(OC)c1. The van der Waals surface area contributed by atoms with Gasteiger partial charge in [-0.25, -0.2) is 4.79 Å². The van der Waals surface area contributed by atoms with Gasteiger partial charge in [0.2, 0.25) is 11.7 Å². The number of methoxy groups -OCH3 is 2. The Morgan fingerprint density at radius 3 is 2.71 bits per heavy atom. The van der Waals surface area contributed by atoms with Crippen LogP contribution in [0, 0.1) is 0 Å². The monoisotopic (exact) mass is 442 g/mol. The number of amides is 2. The van der Waals surface area contributed by atoms with Gasteiger partial charge in [0.05, 0.1) is 19.9 Å². The number of hydrogen-bond acceptors (Lipinski definition) is 6. The van der Waals surface area contributed by atoms with Crippen molar-refractivity contribution in [3.63, 3.8) is 0 Å². The number of likely N-dealkylation sites (tertiary alicyclic amines) is 1. The van der Waals surface area contributed by atoms with Crippen molar-refractivity contribution in [3.8, 4) is 22.9 Å². The molecular formula is C22H23ClN4O4. The molecule has 3 aromatic rings. The van der Waals surface area contributed by atoms with Gasteiger partial charge in [-0.1, -0.05) is 16.8 Å². The normalized spacial score (nSPS) is 16.1. The number of anilines is 1. The van der Waals surface area contributed by atoms with Crippen LogP contribution in [0.3, 0.4) is 0 Å². The minimum absolute atomic E-state index is 0.251. The molecule has 0 saturated carbocycles. The summed E-state index contributed by atoms with van der Waals surface area (Å²) in [5, 5.41) is 7.66. The number of halogens is 1. The lowest BCUT2D eigenvalue weighted by Gasteiger charge is -2.33. The zero-order chi connectivity index (χ0) is 21.8. The average molecular weight is 443 g/mol. The topological polar surface area (TPSA) is 89.7 Å². The minimum Gasteiger partial charge on any atom is -0.497 e. The van der Waals surface area contributed by atoms with E-state index in [0.29, 0.717) is 40.5 Å². The Bertz CT molecular complexity index is 1050. The number of aromatic nitrogens is 2. The van der Waals surface area contributed by atoms with Crippen molar-refractivity contribution in [2.24, 2.45) is 0 Å².